The summed E-state index contributed by atoms with van der Waals surface area (Å²) in [6, 6.07) is 3.54. The number of aliphatic hydroxyl groups excluding tert-OH is 1. The van der Waals surface area contributed by atoms with Crippen molar-refractivity contribution in [3.63, 3.8) is 0 Å². The molecule has 41 heavy (non-hydrogen) atoms. The Kier molecular flexibility index (Phi) is 8.92. The second kappa shape index (κ2) is 11.8. The molecule has 2 fully saturated rings. The van der Waals surface area contributed by atoms with E-state index in [0.717, 1.165) is 6.42 Å². The Balaban J connectivity index is 1.68. The molecule has 1 spiro atoms. The zero-order valence-electron chi connectivity index (χ0n) is 24.0. The minimum atomic E-state index is -4.26. The predicted octanol–water partition coefficient (Wildman–Crippen LogP) is 5.00. The number of allylic oxidation sites excluding steroid dienone is 2. The summed E-state index contributed by atoms with van der Waals surface area (Å²) in [6.07, 6.45) is -3.44. The molecular weight excluding hydrogens is 559 g/mol. The van der Waals surface area contributed by atoms with Gasteiger partial charge in [0.1, 0.15) is 24.2 Å². The van der Waals surface area contributed by atoms with E-state index >= 15 is 0 Å². The average Bonchev–Trinajstić information content (AvgIpc) is 2.82. The number of ketones is 1. The van der Waals surface area contributed by atoms with E-state index < -0.39 is 18.3 Å². The number of ether oxygens (including phenoxy) is 1. The SMILES string of the molecule is CCC[C@@H](O)COc1ccc(Cl)c(-c2nc(C(C(C)=O)=C(C)N)c(C)c(N3CC4(C3)CN([C@H](C)C(F)(F)F)C4)n2)c1. The normalized spacial score (nSPS) is 18.8. The number of anilines is 1. The molecule has 2 aliphatic rings. The van der Waals surface area contributed by atoms with E-state index in [-0.39, 0.29) is 29.2 Å². The molecule has 8 nitrogen and oxygen atoms in total. The lowest BCUT2D eigenvalue weighted by atomic mass is 9.72. The Labute approximate surface area is 243 Å². The first-order chi connectivity index (χ1) is 19.2. The maximum Gasteiger partial charge on any atom is 0.403 e. The van der Waals surface area contributed by atoms with Gasteiger partial charge >= 0.3 is 6.18 Å². The minimum Gasteiger partial charge on any atom is -0.491 e. The lowest BCUT2D eigenvalue weighted by Gasteiger charge is -2.62. The number of nitrogens with two attached hydrogens (primary N) is 1. The first-order valence-corrected chi connectivity index (χ1v) is 14.1. The number of nitrogens with zero attached hydrogens (tertiary/aromatic N) is 4. The zero-order chi connectivity index (χ0) is 30.3. The Hall–Kier alpha value is -2.89. The van der Waals surface area contributed by atoms with Gasteiger partial charge in [-0.1, -0.05) is 24.9 Å². The summed E-state index contributed by atoms with van der Waals surface area (Å²) >= 11 is 6.58. The van der Waals surface area contributed by atoms with Gasteiger partial charge in [-0.3, -0.25) is 9.69 Å². The van der Waals surface area contributed by atoms with Crippen LogP contribution in [0.5, 0.6) is 5.75 Å². The highest BCUT2D eigenvalue weighted by Crippen LogP contribution is 2.46. The maximum absolute atomic E-state index is 13.2. The van der Waals surface area contributed by atoms with Crippen LogP contribution in [-0.4, -0.2) is 76.9 Å². The molecule has 0 radical (unpaired) electrons. The standard InChI is InChI=1S/C29H37ClF3N5O3/c1-6-7-20(40)11-41-21-8-9-23(30)22(10-21)26-35-25(24(17(3)34)18(4)39)16(2)27(36-26)38-14-28(15-38)12-37(13-28)19(5)29(31,32)33/h8-10,19-20,40H,6-7,11-15,34H2,1-5H3/t19-,20-/m1/s1. The highest BCUT2D eigenvalue weighted by atomic mass is 35.5. The van der Waals surface area contributed by atoms with Crippen LogP contribution in [0.3, 0.4) is 0 Å². The second-order valence-electron chi connectivity index (χ2n) is 11.3. The van der Waals surface area contributed by atoms with Crippen LogP contribution in [0.1, 0.15) is 51.8 Å². The number of Topliss-reactive ketones (excluding diaryl/α,β-unsaturated/α-hetero) is 1. The number of hydrogen-bond acceptors (Lipinski definition) is 8. The largest absolute Gasteiger partial charge is 0.491 e. The smallest absolute Gasteiger partial charge is 0.403 e. The highest BCUT2D eigenvalue weighted by Gasteiger charge is 2.56. The fourth-order valence-electron chi connectivity index (χ4n) is 5.59. The van der Waals surface area contributed by atoms with Gasteiger partial charge in [0.15, 0.2) is 11.6 Å². The molecule has 3 heterocycles. The van der Waals surface area contributed by atoms with Gasteiger partial charge in [-0.2, -0.15) is 13.2 Å². The highest BCUT2D eigenvalue weighted by molar-refractivity contribution is 6.33. The van der Waals surface area contributed by atoms with Crippen molar-refractivity contribution in [1.82, 2.24) is 14.9 Å². The van der Waals surface area contributed by atoms with Gasteiger partial charge in [-0.15, -0.1) is 0 Å². The minimum absolute atomic E-state index is 0.115. The molecule has 2 aliphatic heterocycles. The van der Waals surface area contributed by atoms with Crippen molar-refractivity contribution in [3.8, 4) is 17.1 Å². The van der Waals surface area contributed by atoms with Crippen LogP contribution in [0.25, 0.3) is 17.0 Å². The van der Waals surface area contributed by atoms with Gasteiger partial charge in [0, 0.05) is 48.4 Å². The van der Waals surface area contributed by atoms with Gasteiger partial charge < -0.3 is 20.5 Å². The van der Waals surface area contributed by atoms with Crippen LogP contribution in [0.4, 0.5) is 19.0 Å². The summed E-state index contributed by atoms with van der Waals surface area (Å²) in [5.41, 5.74) is 7.93. The molecule has 1 aromatic carbocycles. The third kappa shape index (κ3) is 6.47. The van der Waals surface area contributed by atoms with E-state index in [1.165, 1.54) is 18.7 Å². The summed E-state index contributed by atoms with van der Waals surface area (Å²) in [4.78, 5) is 25.6. The fourth-order valence-corrected chi connectivity index (χ4v) is 5.79. The number of likely N-dealkylation sites (tertiary alicyclic amines) is 1. The van der Waals surface area contributed by atoms with Crippen LogP contribution in [-0.2, 0) is 4.79 Å². The molecule has 1 aromatic heterocycles. The van der Waals surface area contributed by atoms with Crippen LogP contribution in [0, 0.1) is 12.3 Å². The number of carbonyl (C=O) groups excluding carboxylic acids is 1. The van der Waals surface area contributed by atoms with Crippen molar-refractivity contribution in [2.45, 2.75) is 65.8 Å². The van der Waals surface area contributed by atoms with Gasteiger partial charge in [0.25, 0.3) is 0 Å². The third-order valence-corrected chi connectivity index (χ3v) is 8.13. The topological polar surface area (TPSA) is 105 Å². The van der Waals surface area contributed by atoms with Gasteiger partial charge in [-0.25, -0.2) is 9.97 Å². The summed E-state index contributed by atoms with van der Waals surface area (Å²) < 4.78 is 45.3. The van der Waals surface area contributed by atoms with E-state index in [9.17, 15) is 23.1 Å². The molecule has 0 saturated carbocycles. The molecule has 4 rings (SSSR count). The molecule has 0 amide bonds. The summed E-state index contributed by atoms with van der Waals surface area (Å²) in [5, 5.41) is 10.4. The predicted molar refractivity (Wildman–Crippen MR) is 153 cm³/mol. The number of alkyl halides is 3. The van der Waals surface area contributed by atoms with Crippen molar-refractivity contribution in [2.75, 3.05) is 37.7 Å². The first-order valence-electron chi connectivity index (χ1n) is 13.7. The molecule has 2 aromatic rings. The van der Waals surface area contributed by atoms with Crippen LogP contribution >= 0.6 is 11.6 Å². The fraction of sp³-hybridized carbons (Fsp3) is 0.552. The maximum atomic E-state index is 13.2. The quantitative estimate of drug-likeness (QED) is 0.370. The van der Waals surface area contributed by atoms with E-state index in [0.29, 0.717) is 71.7 Å². The van der Waals surface area contributed by atoms with Crippen molar-refractivity contribution in [2.24, 2.45) is 11.1 Å². The molecule has 2 saturated heterocycles. The number of aliphatic hydroxyl groups is 1. The summed E-state index contributed by atoms with van der Waals surface area (Å²) in [7, 11) is 0. The van der Waals surface area contributed by atoms with E-state index in [2.05, 4.69) is 0 Å². The van der Waals surface area contributed by atoms with Gasteiger partial charge in [0.05, 0.1) is 22.4 Å². The van der Waals surface area contributed by atoms with Crippen molar-refractivity contribution >= 4 is 28.8 Å². The molecule has 0 unspecified atom stereocenters. The van der Waals surface area contributed by atoms with E-state index in [1.54, 1.807) is 32.0 Å². The molecular formula is C29H37ClF3N5O3. The average molecular weight is 596 g/mol. The number of aromatic nitrogens is 2. The van der Waals surface area contributed by atoms with E-state index in [1.807, 2.05) is 11.8 Å². The Morgan fingerprint density at radius 2 is 1.88 bits per heavy atom. The third-order valence-electron chi connectivity index (χ3n) is 7.80. The van der Waals surface area contributed by atoms with Crippen LogP contribution in [0.15, 0.2) is 23.9 Å². The first kappa shape index (κ1) is 31.1. The molecule has 2 atom stereocenters. The van der Waals surface area contributed by atoms with Gasteiger partial charge in [-0.05, 0) is 52.3 Å². The molecule has 0 aliphatic carbocycles. The monoisotopic (exact) mass is 595 g/mol. The van der Waals surface area contributed by atoms with Gasteiger partial charge in [0.2, 0.25) is 0 Å². The number of hydrogen-bond donors (Lipinski definition) is 2. The molecule has 0 bridgehead atoms. The lowest BCUT2D eigenvalue weighted by molar-refractivity contribution is -0.207. The Morgan fingerprint density at radius 1 is 1.22 bits per heavy atom. The Morgan fingerprint density at radius 3 is 2.44 bits per heavy atom. The van der Waals surface area contributed by atoms with Crippen molar-refractivity contribution in [1.29, 1.82) is 0 Å². The molecule has 12 heteroatoms. The van der Waals surface area contributed by atoms with E-state index in [4.69, 9.17) is 32.0 Å². The van der Waals surface area contributed by atoms with Crippen LogP contribution in [0.2, 0.25) is 5.02 Å². The lowest BCUT2D eigenvalue weighted by Crippen LogP contribution is -2.74. The second-order valence-corrected chi connectivity index (χ2v) is 11.7. The van der Waals surface area contributed by atoms with Crippen molar-refractivity contribution in [3.05, 3.63) is 40.2 Å². The van der Waals surface area contributed by atoms with Crippen molar-refractivity contribution < 1.29 is 27.8 Å². The number of carbonyl (C=O) groups is 1. The number of benzene rings is 1. The number of rotatable bonds is 10. The molecule has 3 N–H and O–H groups in total. The zero-order valence-corrected chi connectivity index (χ0v) is 24.7. The molecule has 224 valence electrons. The number of halogens is 4. The summed E-state index contributed by atoms with van der Waals surface area (Å²) in [6.45, 7) is 9.88. The van der Waals surface area contributed by atoms with Crippen LogP contribution < -0.4 is 15.4 Å². The Bertz CT molecular complexity index is 1330. The summed E-state index contributed by atoms with van der Waals surface area (Å²) in [5.74, 6) is 1.04.